The Labute approximate surface area is 136 Å². The monoisotopic (exact) mass is 340 g/mol. The van der Waals surface area contributed by atoms with Crippen LogP contribution in [0.3, 0.4) is 0 Å². The van der Waals surface area contributed by atoms with Crippen LogP contribution in [0.15, 0.2) is 27.9 Å². The minimum Gasteiger partial charge on any atom is -0.324 e. The van der Waals surface area contributed by atoms with Crippen LogP contribution in [0.1, 0.15) is 26.7 Å². The van der Waals surface area contributed by atoms with E-state index in [0.717, 1.165) is 0 Å². The number of nitrogens with one attached hydrogen (secondary N) is 1. The molecule has 0 radical (unpaired) electrons. The molecule has 0 saturated heterocycles. The van der Waals surface area contributed by atoms with Crippen molar-refractivity contribution in [3.63, 3.8) is 0 Å². The van der Waals surface area contributed by atoms with Crippen LogP contribution in [0, 0.1) is 0 Å². The Hall–Kier alpha value is -1.64. The van der Waals surface area contributed by atoms with Gasteiger partial charge in [-0.1, -0.05) is 13.8 Å². The Bertz CT molecular complexity index is 876. The number of benzene rings is 1. The highest BCUT2D eigenvalue weighted by Gasteiger charge is 2.24. The molecule has 0 saturated carbocycles. The maximum absolute atomic E-state index is 12.5. The van der Waals surface area contributed by atoms with Crippen molar-refractivity contribution in [2.24, 2.45) is 19.8 Å². The second-order valence-electron chi connectivity index (χ2n) is 5.95. The van der Waals surface area contributed by atoms with Crippen LogP contribution in [0.25, 0.3) is 11.0 Å². The summed E-state index contributed by atoms with van der Waals surface area (Å²) >= 11 is 0. The standard InChI is InChI=1S/C15H24N4O3S/c1-5-15(16,6-2)10-17-23(21,22)11-7-8-12-13(9-11)19(4)14(20)18(12)3/h7-9,17H,5-6,10,16H2,1-4H3. The lowest BCUT2D eigenvalue weighted by Gasteiger charge is -2.26. The number of fused-ring (bicyclic) bond motifs is 1. The van der Waals surface area contributed by atoms with Gasteiger partial charge in [0.25, 0.3) is 0 Å². The fourth-order valence-corrected chi connectivity index (χ4v) is 3.63. The first kappa shape index (κ1) is 17.7. The Balaban J connectivity index is 2.39. The van der Waals surface area contributed by atoms with Crippen molar-refractivity contribution in [3.05, 3.63) is 28.7 Å². The van der Waals surface area contributed by atoms with Gasteiger partial charge in [0.05, 0.1) is 15.9 Å². The van der Waals surface area contributed by atoms with E-state index in [2.05, 4.69) is 4.72 Å². The van der Waals surface area contributed by atoms with E-state index >= 15 is 0 Å². The number of sulfonamides is 1. The predicted octanol–water partition coefficient (Wildman–Crippen LogP) is 0.673. The molecule has 0 spiro atoms. The number of aromatic nitrogens is 2. The van der Waals surface area contributed by atoms with Gasteiger partial charge >= 0.3 is 5.69 Å². The van der Waals surface area contributed by atoms with Gasteiger partial charge < -0.3 is 5.73 Å². The third-order valence-electron chi connectivity index (χ3n) is 4.58. The highest BCUT2D eigenvalue weighted by atomic mass is 32.2. The lowest BCUT2D eigenvalue weighted by atomic mass is 9.95. The Morgan fingerprint density at radius 2 is 1.70 bits per heavy atom. The zero-order valence-corrected chi connectivity index (χ0v) is 14.8. The van der Waals surface area contributed by atoms with E-state index in [-0.39, 0.29) is 17.1 Å². The van der Waals surface area contributed by atoms with E-state index in [9.17, 15) is 13.2 Å². The van der Waals surface area contributed by atoms with E-state index in [1.807, 2.05) is 13.8 Å². The molecule has 0 aliphatic carbocycles. The van der Waals surface area contributed by atoms with Gasteiger partial charge in [-0.3, -0.25) is 9.13 Å². The van der Waals surface area contributed by atoms with Gasteiger partial charge in [0, 0.05) is 26.2 Å². The van der Waals surface area contributed by atoms with Crippen molar-refractivity contribution in [2.45, 2.75) is 37.1 Å². The number of imidazole rings is 1. The van der Waals surface area contributed by atoms with E-state index in [1.165, 1.54) is 21.3 Å². The van der Waals surface area contributed by atoms with Gasteiger partial charge in [0.15, 0.2) is 0 Å². The Kier molecular flexibility index (Phi) is 4.70. The molecule has 23 heavy (non-hydrogen) atoms. The summed E-state index contributed by atoms with van der Waals surface area (Å²) in [7, 11) is -0.406. The van der Waals surface area contributed by atoms with Crippen molar-refractivity contribution in [1.82, 2.24) is 13.9 Å². The minimum atomic E-state index is -3.68. The maximum atomic E-state index is 12.5. The number of aryl methyl sites for hydroxylation is 2. The highest BCUT2D eigenvalue weighted by Crippen LogP contribution is 2.18. The zero-order chi connectivity index (χ0) is 17.4. The molecule has 1 heterocycles. The van der Waals surface area contributed by atoms with Crippen LogP contribution in [0.4, 0.5) is 0 Å². The molecule has 0 amide bonds. The molecule has 1 aromatic heterocycles. The molecule has 0 aliphatic heterocycles. The molecule has 3 N–H and O–H groups in total. The van der Waals surface area contributed by atoms with Crippen molar-refractivity contribution in [1.29, 1.82) is 0 Å². The SMILES string of the molecule is CCC(N)(CC)CNS(=O)(=O)c1ccc2c(c1)n(C)c(=O)n2C. The molecule has 128 valence electrons. The van der Waals surface area contributed by atoms with Gasteiger partial charge in [-0.25, -0.2) is 17.9 Å². The smallest absolute Gasteiger partial charge is 0.324 e. The number of hydrogen-bond acceptors (Lipinski definition) is 4. The molecular formula is C15H24N4O3S. The predicted molar refractivity (Wildman–Crippen MR) is 90.8 cm³/mol. The molecule has 2 aromatic rings. The van der Waals surface area contributed by atoms with Crippen LogP contribution in [-0.4, -0.2) is 29.6 Å². The van der Waals surface area contributed by atoms with Gasteiger partial charge in [-0.15, -0.1) is 0 Å². The number of nitrogens with zero attached hydrogens (tertiary/aromatic N) is 2. The normalized spacial score (nSPS) is 12.9. The number of rotatable bonds is 6. The summed E-state index contributed by atoms with van der Waals surface area (Å²) in [5, 5.41) is 0. The minimum absolute atomic E-state index is 0.126. The van der Waals surface area contributed by atoms with Gasteiger partial charge in [-0.05, 0) is 31.0 Å². The third-order valence-corrected chi connectivity index (χ3v) is 5.98. The van der Waals surface area contributed by atoms with E-state index in [0.29, 0.717) is 23.9 Å². The second kappa shape index (κ2) is 6.10. The fourth-order valence-electron chi connectivity index (χ4n) is 2.48. The van der Waals surface area contributed by atoms with Crippen molar-refractivity contribution >= 4 is 21.1 Å². The fraction of sp³-hybridized carbons (Fsp3) is 0.533. The summed E-state index contributed by atoms with van der Waals surface area (Å²) in [5.74, 6) is 0. The lowest BCUT2D eigenvalue weighted by Crippen LogP contribution is -2.49. The summed E-state index contributed by atoms with van der Waals surface area (Å²) in [6, 6.07) is 4.65. The first-order valence-corrected chi connectivity index (χ1v) is 9.07. The first-order chi connectivity index (χ1) is 10.6. The average molecular weight is 340 g/mol. The maximum Gasteiger partial charge on any atom is 0.328 e. The Morgan fingerprint density at radius 1 is 1.13 bits per heavy atom. The summed E-state index contributed by atoms with van der Waals surface area (Å²) in [6.45, 7) is 4.04. The molecule has 8 heteroatoms. The van der Waals surface area contributed by atoms with Crippen LogP contribution in [0.2, 0.25) is 0 Å². The third kappa shape index (κ3) is 3.19. The summed E-state index contributed by atoms with van der Waals surface area (Å²) in [4.78, 5) is 12.1. The lowest BCUT2D eigenvalue weighted by molar-refractivity contribution is 0.392. The zero-order valence-electron chi connectivity index (χ0n) is 14.0. The summed E-state index contributed by atoms with van der Waals surface area (Å²) in [5.41, 5.74) is 6.65. The quantitative estimate of drug-likeness (QED) is 0.807. The summed E-state index contributed by atoms with van der Waals surface area (Å²) < 4.78 is 30.5. The molecule has 1 aromatic carbocycles. The molecule has 2 rings (SSSR count). The Morgan fingerprint density at radius 3 is 2.26 bits per heavy atom. The van der Waals surface area contributed by atoms with Crippen molar-refractivity contribution in [3.8, 4) is 0 Å². The van der Waals surface area contributed by atoms with E-state index < -0.39 is 15.6 Å². The van der Waals surface area contributed by atoms with Crippen LogP contribution >= 0.6 is 0 Å². The topological polar surface area (TPSA) is 99.1 Å². The van der Waals surface area contributed by atoms with E-state index in [4.69, 9.17) is 5.73 Å². The van der Waals surface area contributed by atoms with Crippen molar-refractivity contribution < 1.29 is 8.42 Å². The highest BCUT2D eigenvalue weighted by molar-refractivity contribution is 7.89. The summed E-state index contributed by atoms with van der Waals surface area (Å²) in [6.07, 6.45) is 1.36. The second-order valence-corrected chi connectivity index (χ2v) is 7.71. The van der Waals surface area contributed by atoms with E-state index in [1.54, 1.807) is 20.2 Å². The van der Waals surface area contributed by atoms with Gasteiger partial charge in [-0.2, -0.15) is 0 Å². The molecule has 7 nitrogen and oxygen atoms in total. The molecule has 0 unspecified atom stereocenters. The van der Waals surface area contributed by atoms with Crippen LogP contribution < -0.4 is 16.1 Å². The van der Waals surface area contributed by atoms with Crippen LogP contribution in [0.5, 0.6) is 0 Å². The first-order valence-electron chi connectivity index (χ1n) is 7.59. The number of nitrogens with two attached hydrogens (primary N) is 1. The number of hydrogen-bond donors (Lipinski definition) is 2. The largest absolute Gasteiger partial charge is 0.328 e. The molecular weight excluding hydrogens is 316 g/mol. The molecule has 0 bridgehead atoms. The van der Waals surface area contributed by atoms with Crippen molar-refractivity contribution in [2.75, 3.05) is 6.54 Å². The molecule has 0 aliphatic rings. The van der Waals surface area contributed by atoms with Gasteiger partial charge in [0.2, 0.25) is 10.0 Å². The average Bonchev–Trinajstić information content (AvgIpc) is 2.77. The van der Waals surface area contributed by atoms with Crippen LogP contribution in [-0.2, 0) is 24.1 Å². The van der Waals surface area contributed by atoms with Gasteiger partial charge in [0.1, 0.15) is 0 Å². The molecule has 0 fully saturated rings. The molecule has 0 atom stereocenters.